The van der Waals surface area contributed by atoms with Crippen LogP contribution in [-0.4, -0.2) is 55.6 Å². The van der Waals surface area contributed by atoms with Crippen molar-refractivity contribution < 1.29 is 13.2 Å². The van der Waals surface area contributed by atoms with Crippen LogP contribution >= 0.6 is 0 Å². The summed E-state index contributed by atoms with van der Waals surface area (Å²) >= 11 is 0. The Balaban J connectivity index is 1.60. The summed E-state index contributed by atoms with van der Waals surface area (Å²) in [7, 11) is -3.16. The van der Waals surface area contributed by atoms with Gasteiger partial charge in [-0.15, -0.1) is 0 Å². The molecule has 3 rings (SSSR count). The quantitative estimate of drug-likeness (QED) is 0.902. The first-order valence-electron chi connectivity index (χ1n) is 8.62. The fraction of sp³-hybridized carbons (Fsp3) is 0.588. The second-order valence-corrected chi connectivity index (χ2v) is 8.64. The van der Waals surface area contributed by atoms with Crippen LogP contribution in [0, 0.1) is 0 Å². The molecule has 2 aliphatic rings. The number of benzene rings is 1. The summed E-state index contributed by atoms with van der Waals surface area (Å²) in [6.45, 7) is 3.30. The van der Waals surface area contributed by atoms with Crippen molar-refractivity contribution in [3.05, 3.63) is 35.4 Å². The van der Waals surface area contributed by atoms with E-state index in [9.17, 15) is 13.2 Å². The number of urea groups is 1. The first-order valence-corrected chi connectivity index (χ1v) is 10.2. The van der Waals surface area contributed by atoms with Gasteiger partial charge < -0.3 is 10.2 Å². The van der Waals surface area contributed by atoms with Gasteiger partial charge in [0.1, 0.15) is 0 Å². The normalized spacial score (nSPS) is 22.0. The van der Waals surface area contributed by atoms with Crippen molar-refractivity contribution in [3.63, 3.8) is 0 Å². The van der Waals surface area contributed by atoms with Gasteiger partial charge >= 0.3 is 6.03 Å². The van der Waals surface area contributed by atoms with Crippen LogP contribution in [0.1, 0.15) is 36.9 Å². The third-order valence-corrected chi connectivity index (χ3v) is 6.83. The molecule has 24 heavy (non-hydrogen) atoms. The van der Waals surface area contributed by atoms with Gasteiger partial charge in [0, 0.05) is 26.2 Å². The van der Waals surface area contributed by atoms with E-state index in [1.54, 1.807) is 11.8 Å². The molecule has 1 saturated heterocycles. The number of rotatable bonds is 3. The highest BCUT2D eigenvalue weighted by Gasteiger charge is 2.29. The van der Waals surface area contributed by atoms with Crippen molar-refractivity contribution in [2.75, 3.05) is 31.9 Å². The maximum absolute atomic E-state index is 12.5. The molecule has 132 valence electrons. The molecule has 1 aromatic rings. The molecule has 1 aliphatic heterocycles. The Bertz CT molecular complexity index is 697. The Labute approximate surface area is 143 Å². The molecule has 1 unspecified atom stereocenters. The summed E-state index contributed by atoms with van der Waals surface area (Å²) in [5.41, 5.74) is 2.53. The molecule has 6 nitrogen and oxygen atoms in total. The number of nitrogens with one attached hydrogen (secondary N) is 1. The Morgan fingerprint density at radius 1 is 1.21 bits per heavy atom. The van der Waals surface area contributed by atoms with Crippen molar-refractivity contribution in [1.82, 2.24) is 14.5 Å². The van der Waals surface area contributed by atoms with Crippen molar-refractivity contribution in [3.8, 4) is 0 Å². The summed E-state index contributed by atoms with van der Waals surface area (Å²) in [5.74, 6) is 0.109. The first-order chi connectivity index (χ1) is 11.5. The molecule has 0 aromatic heterocycles. The number of amides is 2. The van der Waals surface area contributed by atoms with E-state index in [1.165, 1.54) is 15.4 Å². The lowest BCUT2D eigenvalue weighted by Crippen LogP contribution is -2.53. The fourth-order valence-electron chi connectivity index (χ4n) is 3.50. The van der Waals surface area contributed by atoms with Crippen LogP contribution in [0.5, 0.6) is 0 Å². The molecule has 1 aliphatic carbocycles. The summed E-state index contributed by atoms with van der Waals surface area (Å²) in [4.78, 5) is 14.3. The van der Waals surface area contributed by atoms with Gasteiger partial charge in [-0.05, 0) is 37.3 Å². The van der Waals surface area contributed by atoms with Gasteiger partial charge in [0.05, 0.1) is 11.8 Å². The standard InChI is InChI=1S/C17H25N3O3S/c1-2-24(22,23)20-12-10-19(11-13-20)17(21)18-16-9-5-7-14-6-3-4-8-15(14)16/h3-4,6,8,16H,2,5,7,9-13H2,1H3,(H,18,21). The molecule has 1 N–H and O–H groups in total. The number of sulfonamides is 1. The summed E-state index contributed by atoms with van der Waals surface area (Å²) in [6, 6.07) is 8.23. The van der Waals surface area contributed by atoms with Crippen LogP contribution in [0.25, 0.3) is 0 Å². The average Bonchev–Trinajstić information content (AvgIpc) is 2.62. The second-order valence-electron chi connectivity index (χ2n) is 6.38. The molecule has 1 atom stereocenters. The predicted molar refractivity (Wildman–Crippen MR) is 93.3 cm³/mol. The SMILES string of the molecule is CCS(=O)(=O)N1CCN(C(=O)NC2CCCc3ccccc32)CC1. The minimum Gasteiger partial charge on any atom is -0.331 e. The maximum Gasteiger partial charge on any atom is 0.317 e. The molecule has 1 heterocycles. The number of hydrogen-bond donors (Lipinski definition) is 1. The zero-order valence-corrected chi connectivity index (χ0v) is 14.9. The molecule has 0 bridgehead atoms. The monoisotopic (exact) mass is 351 g/mol. The van der Waals surface area contributed by atoms with E-state index in [0.717, 1.165) is 19.3 Å². The van der Waals surface area contributed by atoms with Gasteiger partial charge in [0.25, 0.3) is 0 Å². The lowest BCUT2D eigenvalue weighted by Gasteiger charge is -2.35. The highest BCUT2D eigenvalue weighted by molar-refractivity contribution is 7.89. The van der Waals surface area contributed by atoms with E-state index in [2.05, 4.69) is 17.4 Å². The predicted octanol–water partition coefficient (Wildman–Crippen LogP) is 1.74. The number of carbonyl (C=O) groups is 1. The number of nitrogens with zero attached hydrogens (tertiary/aromatic N) is 2. The van der Waals surface area contributed by atoms with E-state index in [0.29, 0.717) is 26.2 Å². The molecule has 0 radical (unpaired) electrons. The number of fused-ring (bicyclic) bond motifs is 1. The van der Waals surface area contributed by atoms with E-state index in [1.807, 2.05) is 12.1 Å². The molecule has 7 heteroatoms. The third kappa shape index (κ3) is 3.57. The smallest absolute Gasteiger partial charge is 0.317 e. The first kappa shape index (κ1) is 17.2. The molecule has 1 aromatic carbocycles. The van der Waals surface area contributed by atoms with E-state index in [4.69, 9.17) is 0 Å². The fourth-order valence-corrected chi connectivity index (χ4v) is 4.58. The maximum atomic E-state index is 12.5. The second kappa shape index (κ2) is 7.11. The van der Waals surface area contributed by atoms with Crippen molar-refractivity contribution in [2.24, 2.45) is 0 Å². The zero-order valence-electron chi connectivity index (χ0n) is 14.1. The summed E-state index contributed by atoms with van der Waals surface area (Å²) < 4.78 is 25.3. The lowest BCUT2D eigenvalue weighted by molar-refractivity contribution is 0.168. The van der Waals surface area contributed by atoms with E-state index >= 15 is 0 Å². The Hall–Kier alpha value is -1.60. The summed E-state index contributed by atoms with van der Waals surface area (Å²) in [6.07, 6.45) is 3.09. The van der Waals surface area contributed by atoms with Crippen molar-refractivity contribution in [1.29, 1.82) is 0 Å². The van der Waals surface area contributed by atoms with Gasteiger partial charge in [0.2, 0.25) is 10.0 Å². The Morgan fingerprint density at radius 3 is 2.62 bits per heavy atom. The molecule has 2 amide bonds. The highest BCUT2D eigenvalue weighted by atomic mass is 32.2. The van der Waals surface area contributed by atoms with Crippen LogP contribution in [0.3, 0.4) is 0 Å². The number of piperazine rings is 1. The molecule has 0 saturated carbocycles. The molecule has 0 spiro atoms. The zero-order chi connectivity index (χ0) is 17.2. The van der Waals surface area contributed by atoms with Crippen LogP contribution < -0.4 is 5.32 Å². The topological polar surface area (TPSA) is 69.7 Å². The van der Waals surface area contributed by atoms with E-state index in [-0.39, 0.29) is 17.8 Å². The van der Waals surface area contributed by atoms with Crippen molar-refractivity contribution in [2.45, 2.75) is 32.2 Å². The summed E-state index contributed by atoms with van der Waals surface area (Å²) in [5, 5.41) is 3.13. The number of carbonyl (C=O) groups excluding carboxylic acids is 1. The highest BCUT2D eigenvalue weighted by Crippen LogP contribution is 2.29. The minimum atomic E-state index is -3.16. The van der Waals surface area contributed by atoms with Gasteiger partial charge in [-0.2, -0.15) is 4.31 Å². The number of hydrogen-bond acceptors (Lipinski definition) is 3. The van der Waals surface area contributed by atoms with Gasteiger partial charge in [-0.25, -0.2) is 13.2 Å². The van der Waals surface area contributed by atoms with Crippen LogP contribution in [0.2, 0.25) is 0 Å². The Kier molecular flexibility index (Phi) is 5.10. The Morgan fingerprint density at radius 2 is 1.92 bits per heavy atom. The van der Waals surface area contributed by atoms with Crippen LogP contribution in [0.4, 0.5) is 4.79 Å². The molecular formula is C17H25N3O3S. The van der Waals surface area contributed by atoms with E-state index < -0.39 is 10.0 Å². The third-order valence-electron chi connectivity index (χ3n) is 4.95. The minimum absolute atomic E-state index is 0.0554. The molecule has 1 fully saturated rings. The largest absolute Gasteiger partial charge is 0.331 e. The molecular weight excluding hydrogens is 326 g/mol. The van der Waals surface area contributed by atoms with Gasteiger partial charge in [-0.3, -0.25) is 0 Å². The van der Waals surface area contributed by atoms with Gasteiger partial charge in [-0.1, -0.05) is 24.3 Å². The average molecular weight is 351 g/mol. The van der Waals surface area contributed by atoms with Crippen LogP contribution in [-0.2, 0) is 16.4 Å². The number of aryl methyl sites for hydroxylation is 1. The van der Waals surface area contributed by atoms with Crippen LogP contribution in [0.15, 0.2) is 24.3 Å². The van der Waals surface area contributed by atoms with Gasteiger partial charge in [0.15, 0.2) is 0 Å². The van der Waals surface area contributed by atoms with Crippen molar-refractivity contribution >= 4 is 16.1 Å². The lowest BCUT2D eigenvalue weighted by atomic mass is 9.88.